The summed E-state index contributed by atoms with van der Waals surface area (Å²) in [5.41, 5.74) is 2.76. The van der Waals surface area contributed by atoms with Gasteiger partial charge in [-0.25, -0.2) is 4.98 Å². The largest absolute Gasteiger partial charge is 0.336 e. The van der Waals surface area contributed by atoms with E-state index in [2.05, 4.69) is 21.9 Å². The molecule has 3 heteroatoms. The van der Waals surface area contributed by atoms with E-state index in [1.807, 2.05) is 6.33 Å². The van der Waals surface area contributed by atoms with Crippen LogP contribution in [0.5, 0.6) is 0 Å². The van der Waals surface area contributed by atoms with Gasteiger partial charge < -0.3 is 9.88 Å². The van der Waals surface area contributed by atoms with Gasteiger partial charge in [-0.05, 0) is 18.8 Å². The third kappa shape index (κ3) is 2.25. The maximum Gasteiger partial charge on any atom is 0.0949 e. The van der Waals surface area contributed by atoms with Crippen LogP contribution in [0.2, 0.25) is 0 Å². The zero-order chi connectivity index (χ0) is 11.7. The molecule has 2 aliphatic rings. The van der Waals surface area contributed by atoms with Crippen molar-refractivity contribution < 1.29 is 0 Å². The molecular weight excluding hydrogens is 210 g/mol. The van der Waals surface area contributed by atoms with Gasteiger partial charge >= 0.3 is 0 Å². The molecule has 1 aliphatic carbocycles. The van der Waals surface area contributed by atoms with Crippen molar-refractivity contribution >= 4 is 0 Å². The van der Waals surface area contributed by atoms with E-state index in [1.165, 1.54) is 49.9 Å². The van der Waals surface area contributed by atoms with Crippen LogP contribution in [0.15, 0.2) is 6.33 Å². The molecule has 94 valence electrons. The van der Waals surface area contributed by atoms with E-state index in [1.54, 1.807) is 0 Å². The second-order valence-electron chi connectivity index (χ2n) is 5.67. The number of nitrogens with one attached hydrogen (secondary N) is 1. The highest BCUT2D eigenvalue weighted by Gasteiger charge is 2.25. The molecule has 1 unspecified atom stereocenters. The van der Waals surface area contributed by atoms with Gasteiger partial charge in [0, 0.05) is 26.1 Å². The van der Waals surface area contributed by atoms with Crippen molar-refractivity contribution in [1.82, 2.24) is 14.9 Å². The lowest BCUT2D eigenvalue weighted by molar-refractivity contribution is 0.389. The molecule has 0 aromatic carbocycles. The molecule has 0 spiro atoms. The first-order valence-corrected chi connectivity index (χ1v) is 7.08. The summed E-state index contributed by atoms with van der Waals surface area (Å²) in [5, 5.41) is 3.67. The molecule has 0 bridgehead atoms. The van der Waals surface area contributed by atoms with Gasteiger partial charge in [0.15, 0.2) is 0 Å². The molecule has 0 saturated heterocycles. The molecular formula is C14H23N3. The van der Waals surface area contributed by atoms with Crippen LogP contribution in [0.1, 0.15) is 56.0 Å². The molecule has 1 aromatic rings. The van der Waals surface area contributed by atoms with Gasteiger partial charge in [0.2, 0.25) is 0 Å². The maximum atomic E-state index is 4.51. The van der Waals surface area contributed by atoms with Crippen LogP contribution in [0.25, 0.3) is 0 Å². The Kier molecular flexibility index (Phi) is 3.19. The molecule has 1 atom stereocenters. The highest BCUT2D eigenvalue weighted by atomic mass is 15.1. The van der Waals surface area contributed by atoms with Crippen molar-refractivity contribution in [3.8, 4) is 0 Å². The Morgan fingerprint density at radius 2 is 2.18 bits per heavy atom. The number of hydrogen-bond donors (Lipinski definition) is 1. The van der Waals surface area contributed by atoms with Gasteiger partial charge in [-0.3, -0.25) is 0 Å². The fourth-order valence-electron chi connectivity index (χ4n) is 3.53. The first kappa shape index (κ1) is 11.3. The molecule has 0 amide bonds. The van der Waals surface area contributed by atoms with Crippen molar-refractivity contribution in [3.05, 3.63) is 17.7 Å². The summed E-state index contributed by atoms with van der Waals surface area (Å²) in [6, 6.07) is 0.548. The Hall–Kier alpha value is -0.830. The minimum atomic E-state index is 0.548. The summed E-state index contributed by atoms with van der Waals surface area (Å²) in [6.07, 6.45) is 11.6. The number of aromatic nitrogens is 2. The first-order chi connectivity index (χ1) is 8.34. The highest BCUT2D eigenvalue weighted by molar-refractivity contribution is 5.20. The first-order valence-electron chi connectivity index (χ1n) is 7.08. The zero-order valence-corrected chi connectivity index (χ0v) is 10.8. The van der Waals surface area contributed by atoms with Crippen LogP contribution in [-0.2, 0) is 13.5 Å². The summed E-state index contributed by atoms with van der Waals surface area (Å²) in [4.78, 5) is 4.51. The van der Waals surface area contributed by atoms with E-state index < -0.39 is 0 Å². The predicted molar refractivity (Wildman–Crippen MR) is 68.8 cm³/mol. The maximum absolute atomic E-state index is 4.51. The lowest BCUT2D eigenvalue weighted by Gasteiger charge is -2.26. The SMILES string of the molecule is Cn1cnc2c1C(CCC1CCCC1)NCC2. The number of rotatable bonds is 3. The smallest absolute Gasteiger partial charge is 0.0949 e. The second-order valence-corrected chi connectivity index (χ2v) is 5.67. The van der Waals surface area contributed by atoms with E-state index in [4.69, 9.17) is 0 Å². The Bertz CT molecular complexity index is 377. The van der Waals surface area contributed by atoms with Crippen LogP contribution in [0.3, 0.4) is 0 Å². The molecule has 2 heterocycles. The lowest BCUT2D eigenvalue weighted by atomic mass is 9.94. The third-order valence-electron chi connectivity index (χ3n) is 4.48. The Morgan fingerprint density at radius 1 is 1.35 bits per heavy atom. The average molecular weight is 233 g/mol. The fraction of sp³-hybridized carbons (Fsp3) is 0.786. The minimum absolute atomic E-state index is 0.548. The lowest BCUT2D eigenvalue weighted by Crippen LogP contribution is -2.31. The van der Waals surface area contributed by atoms with E-state index in [9.17, 15) is 0 Å². The minimum Gasteiger partial charge on any atom is -0.336 e. The number of imidazole rings is 1. The van der Waals surface area contributed by atoms with Crippen molar-refractivity contribution in [1.29, 1.82) is 0 Å². The molecule has 17 heavy (non-hydrogen) atoms. The van der Waals surface area contributed by atoms with Gasteiger partial charge in [0.25, 0.3) is 0 Å². The van der Waals surface area contributed by atoms with Gasteiger partial charge in [-0.1, -0.05) is 25.7 Å². The van der Waals surface area contributed by atoms with Crippen molar-refractivity contribution in [2.75, 3.05) is 6.54 Å². The molecule has 1 aliphatic heterocycles. The van der Waals surface area contributed by atoms with Crippen molar-refractivity contribution in [3.63, 3.8) is 0 Å². The number of fused-ring (bicyclic) bond motifs is 1. The fourth-order valence-corrected chi connectivity index (χ4v) is 3.53. The molecule has 3 rings (SSSR count). The summed E-state index contributed by atoms with van der Waals surface area (Å²) in [7, 11) is 2.13. The van der Waals surface area contributed by atoms with Crippen LogP contribution in [-0.4, -0.2) is 16.1 Å². The van der Waals surface area contributed by atoms with Crippen molar-refractivity contribution in [2.45, 2.75) is 51.0 Å². The van der Waals surface area contributed by atoms with Crippen molar-refractivity contribution in [2.24, 2.45) is 13.0 Å². The summed E-state index contributed by atoms with van der Waals surface area (Å²) in [6.45, 7) is 1.10. The Balaban J connectivity index is 1.65. The zero-order valence-electron chi connectivity index (χ0n) is 10.8. The molecule has 1 N–H and O–H groups in total. The van der Waals surface area contributed by atoms with Gasteiger partial charge in [0.1, 0.15) is 0 Å². The second kappa shape index (κ2) is 4.81. The van der Waals surface area contributed by atoms with Crippen LogP contribution >= 0.6 is 0 Å². The molecule has 0 radical (unpaired) electrons. The Labute approximate surface area is 104 Å². The van der Waals surface area contributed by atoms with Crippen LogP contribution in [0.4, 0.5) is 0 Å². The molecule has 3 nitrogen and oxygen atoms in total. The molecule has 1 fully saturated rings. The van der Waals surface area contributed by atoms with E-state index in [0.29, 0.717) is 6.04 Å². The standard InChI is InChI=1S/C14H23N3/c1-17-10-16-13-8-9-15-12(14(13)17)7-6-11-4-2-3-5-11/h10-12,15H,2-9H2,1H3. The molecule has 1 aromatic heterocycles. The molecule has 1 saturated carbocycles. The predicted octanol–water partition coefficient (Wildman–Crippen LogP) is 2.58. The Morgan fingerprint density at radius 3 is 3.00 bits per heavy atom. The summed E-state index contributed by atoms with van der Waals surface area (Å²) < 4.78 is 2.21. The highest BCUT2D eigenvalue weighted by Crippen LogP contribution is 2.32. The van der Waals surface area contributed by atoms with Crippen LogP contribution < -0.4 is 5.32 Å². The number of nitrogens with zero attached hydrogens (tertiary/aromatic N) is 2. The summed E-state index contributed by atoms with van der Waals surface area (Å²) in [5.74, 6) is 0.996. The van der Waals surface area contributed by atoms with E-state index >= 15 is 0 Å². The quantitative estimate of drug-likeness (QED) is 0.869. The number of aryl methyl sites for hydroxylation is 1. The van der Waals surface area contributed by atoms with E-state index in [-0.39, 0.29) is 0 Å². The number of hydrogen-bond acceptors (Lipinski definition) is 2. The van der Waals surface area contributed by atoms with Crippen LogP contribution in [0, 0.1) is 5.92 Å². The topological polar surface area (TPSA) is 29.9 Å². The summed E-state index contributed by atoms with van der Waals surface area (Å²) >= 11 is 0. The van der Waals surface area contributed by atoms with Gasteiger partial charge in [-0.15, -0.1) is 0 Å². The normalized spacial score (nSPS) is 25.1. The van der Waals surface area contributed by atoms with Gasteiger partial charge in [0.05, 0.1) is 17.7 Å². The van der Waals surface area contributed by atoms with Gasteiger partial charge in [-0.2, -0.15) is 0 Å². The average Bonchev–Trinajstić information content (AvgIpc) is 2.97. The van der Waals surface area contributed by atoms with E-state index in [0.717, 1.165) is 18.9 Å². The third-order valence-corrected chi connectivity index (χ3v) is 4.48. The monoisotopic (exact) mass is 233 g/mol.